The van der Waals surface area contributed by atoms with E-state index >= 15 is 0 Å². The number of ether oxygens (including phenoxy) is 2. The van der Waals surface area contributed by atoms with Gasteiger partial charge < -0.3 is 19.4 Å². The fourth-order valence-corrected chi connectivity index (χ4v) is 4.82. The molecule has 1 aromatic heterocycles. The molecule has 3 heterocycles. The Morgan fingerprint density at radius 2 is 1.97 bits per heavy atom. The van der Waals surface area contributed by atoms with Gasteiger partial charge in [0.2, 0.25) is 5.91 Å². The van der Waals surface area contributed by atoms with Crippen molar-refractivity contribution in [3.05, 3.63) is 71.4 Å². The highest BCUT2D eigenvalue weighted by Gasteiger charge is 2.25. The smallest absolute Gasteiger partial charge is 0.220 e. The third kappa shape index (κ3) is 4.55. The number of nitrogens with zero attached hydrogens (tertiary/aromatic N) is 1. The van der Waals surface area contributed by atoms with Gasteiger partial charge in [0.05, 0.1) is 11.8 Å². The first-order valence-corrected chi connectivity index (χ1v) is 12.0. The zero-order chi connectivity index (χ0) is 22.8. The van der Waals surface area contributed by atoms with E-state index in [4.69, 9.17) is 9.47 Å². The van der Waals surface area contributed by atoms with Crippen molar-refractivity contribution in [2.45, 2.75) is 58.2 Å². The minimum absolute atomic E-state index is 0.0722. The number of aromatic nitrogens is 1. The molecule has 1 atom stereocenters. The van der Waals surface area contributed by atoms with Gasteiger partial charge >= 0.3 is 0 Å². The molecule has 1 amide bonds. The van der Waals surface area contributed by atoms with Crippen LogP contribution in [0, 0.1) is 0 Å². The van der Waals surface area contributed by atoms with Crippen LogP contribution in [0.5, 0.6) is 5.75 Å². The van der Waals surface area contributed by atoms with Crippen LogP contribution in [-0.2, 0) is 22.6 Å². The van der Waals surface area contributed by atoms with E-state index in [0.717, 1.165) is 47.7 Å². The lowest BCUT2D eigenvalue weighted by molar-refractivity contribution is -0.121. The van der Waals surface area contributed by atoms with Crippen LogP contribution in [0.2, 0.25) is 0 Å². The second kappa shape index (κ2) is 9.44. The van der Waals surface area contributed by atoms with E-state index in [1.807, 2.05) is 12.1 Å². The van der Waals surface area contributed by atoms with Gasteiger partial charge in [0.1, 0.15) is 12.4 Å². The Morgan fingerprint density at radius 3 is 2.73 bits per heavy atom. The summed E-state index contributed by atoms with van der Waals surface area (Å²) < 4.78 is 14.0. The van der Waals surface area contributed by atoms with E-state index in [1.165, 1.54) is 11.3 Å². The Bertz CT molecular complexity index is 1120. The molecule has 0 saturated carbocycles. The molecule has 2 aliphatic heterocycles. The van der Waals surface area contributed by atoms with Crippen LogP contribution in [-0.4, -0.2) is 29.7 Å². The van der Waals surface area contributed by atoms with Crippen molar-refractivity contribution in [3.63, 3.8) is 0 Å². The molecule has 0 unspecified atom stereocenters. The summed E-state index contributed by atoms with van der Waals surface area (Å²) in [6, 6.07) is 19.2. The molecular formula is C28H32N2O3. The van der Waals surface area contributed by atoms with Gasteiger partial charge in [-0.3, -0.25) is 4.79 Å². The van der Waals surface area contributed by atoms with Gasteiger partial charge in [-0.05, 0) is 61.1 Å². The summed E-state index contributed by atoms with van der Waals surface area (Å²) in [5.41, 5.74) is 7.00. The molecule has 5 rings (SSSR count). The van der Waals surface area contributed by atoms with Gasteiger partial charge in [-0.2, -0.15) is 0 Å². The summed E-state index contributed by atoms with van der Waals surface area (Å²) in [7, 11) is 0. The number of nitrogens with one attached hydrogen (secondary N) is 1. The Labute approximate surface area is 195 Å². The lowest BCUT2D eigenvalue weighted by Gasteiger charge is -2.21. The number of carbonyl (C=O) groups is 1. The van der Waals surface area contributed by atoms with Crippen molar-refractivity contribution >= 4 is 5.91 Å². The molecule has 5 heteroatoms. The van der Waals surface area contributed by atoms with Crippen molar-refractivity contribution in [2.75, 3.05) is 13.2 Å². The van der Waals surface area contributed by atoms with E-state index in [9.17, 15) is 4.79 Å². The normalized spacial score (nSPS) is 16.9. The highest BCUT2D eigenvalue weighted by molar-refractivity contribution is 5.77. The van der Waals surface area contributed by atoms with E-state index in [0.29, 0.717) is 31.9 Å². The van der Waals surface area contributed by atoms with Gasteiger partial charge in [0.25, 0.3) is 0 Å². The second-order valence-electron chi connectivity index (χ2n) is 9.32. The fraction of sp³-hybridized carbons (Fsp3) is 0.393. The third-order valence-electron chi connectivity index (χ3n) is 6.66. The molecule has 2 aromatic carbocycles. The summed E-state index contributed by atoms with van der Waals surface area (Å²) in [5, 5.41) is 3.05. The van der Waals surface area contributed by atoms with Crippen molar-refractivity contribution in [3.8, 4) is 22.7 Å². The number of fused-ring (bicyclic) bond motifs is 3. The Balaban J connectivity index is 1.44. The lowest BCUT2D eigenvalue weighted by atomic mass is 10.0. The van der Waals surface area contributed by atoms with Crippen molar-refractivity contribution in [1.29, 1.82) is 0 Å². The summed E-state index contributed by atoms with van der Waals surface area (Å²) in [6.07, 6.45) is 3.39. The van der Waals surface area contributed by atoms with Crippen LogP contribution in [0.1, 0.15) is 55.8 Å². The quantitative estimate of drug-likeness (QED) is 0.532. The fourth-order valence-electron chi connectivity index (χ4n) is 4.82. The molecule has 0 spiro atoms. The number of para-hydroxylation sites is 1. The predicted octanol–water partition coefficient (Wildman–Crippen LogP) is 5.39. The van der Waals surface area contributed by atoms with Crippen molar-refractivity contribution in [2.24, 2.45) is 0 Å². The van der Waals surface area contributed by atoms with E-state index < -0.39 is 0 Å². The standard InChI is InChI=1S/C28H32N2O3/c1-19(2)20-9-11-22(12-10-20)30-23(13-14-27(31)29-17-24-6-5-15-32-24)16-21-18-33-26-8-4-3-7-25(26)28(21)30/h3-4,7-12,16,19,24H,5-6,13-15,17-18H2,1-2H3,(H,29,31)/t24-/m0/s1. The number of aryl methyl sites for hydroxylation is 1. The summed E-state index contributed by atoms with van der Waals surface area (Å²) >= 11 is 0. The maximum absolute atomic E-state index is 12.6. The van der Waals surface area contributed by atoms with Gasteiger partial charge in [-0.15, -0.1) is 0 Å². The Morgan fingerprint density at radius 1 is 1.15 bits per heavy atom. The molecule has 0 aliphatic carbocycles. The van der Waals surface area contributed by atoms with Gasteiger partial charge in [0.15, 0.2) is 0 Å². The van der Waals surface area contributed by atoms with Crippen LogP contribution in [0.4, 0.5) is 0 Å². The van der Waals surface area contributed by atoms with Crippen LogP contribution < -0.4 is 10.1 Å². The SMILES string of the molecule is CC(C)c1ccc(-n2c(CCC(=O)NC[C@@H]3CCCO3)cc3c2-c2ccccc2OC3)cc1. The molecule has 5 nitrogen and oxygen atoms in total. The maximum atomic E-state index is 12.6. The van der Waals surface area contributed by atoms with Crippen molar-refractivity contribution < 1.29 is 14.3 Å². The molecule has 1 saturated heterocycles. The first-order valence-electron chi connectivity index (χ1n) is 12.0. The topological polar surface area (TPSA) is 52.5 Å². The van der Waals surface area contributed by atoms with Crippen LogP contribution >= 0.6 is 0 Å². The zero-order valence-corrected chi connectivity index (χ0v) is 19.5. The van der Waals surface area contributed by atoms with E-state index in [1.54, 1.807) is 0 Å². The van der Waals surface area contributed by atoms with E-state index in [-0.39, 0.29) is 12.0 Å². The number of benzene rings is 2. The first kappa shape index (κ1) is 21.8. The van der Waals surface area contributed by atoms with Gasteiger partial charge in [-0.1, -0.05) is 38.1 Å². The van der Waals surface area contributed by atoms with Crippen LogP contribution in [0.25, 0.3) is 16.9 Å². The van der Waals surface area contributed by atoms with Crippen LogP contribution in [0.3, 0.4) is 0 Å². The first-order chi connectivity index (χ1) is 16.1. The number of rotatable bonds is 7. The highest BCUT2D eigenvalue weighted by Crippen LogP contribution is 2.41. The molecule has 1 N–H and O–H groups in total. The average Bonchev–Trinajstić information content (AvgIpc) is 3.49. The minimum atomic E-state index is 0.0722. The van der Waals surface area contributed by atoms with Crippen LogP contribution in [0.15, 0.2) is 54.6 Å². The number of carbonyl (C=O) groups excluding carboxylic acids is 1. The molecule has 33 heavy (non-hydrogen) atoms. The van der Waals surface area contributed by atoms with Gasteiger partial charge in [-0.25, -0.2) is 0 Å². The molecule has 1 fully saturated rings. The third-order valence-corrected chi connectivity index (χ3v) is 6.66. The van der Waals surface area contributed by atoms with E-state index in [2.05, 4.69) is 66.2 Å². The van der Waals surface area contributed by atoms with Gasteiger partial charge in [0, 0.05) is 42.1 Å². The number of hydrogen-bond donors (Lipinski definition) is 1. The largest absolute Gasteiger partial charge is 0.488 e. The highest BCUT2D eigenvalue weighted by atomic mass is 16.5. The minimum Gasteiger partial charge on any atom is -0.488 e. The molecular weight excluding hydrogens is 412 g/mol. The lowest BCUT2D eigenvalue weighted by Crippen LogP contribution is -2.31. The second-order valence-corrected chi connectivity index (χ2v) is 9.32. The average molecular weight is 445 g/mol. The monoisotopic (exact) mass is 444 g/mol. The van der Waals surface area contributed by atoms with Crippen molar-refractivity contribution in [1.82, 2.24) is 9.88 Å². The maximum Gasteiger partial charge on any atom is 0.220 e. The summed E-state index contributed by atoms with van der Waals surface area (Å²) in [5.74, 6) is 1.46. The molecule has 0 bridgehead atoms. The summed E-state index contributed by atoms with van der Waals surface area (Å²) in [4.78, 5) is 12.6. The number of amides is 1. The summed E-state index contributed by atoms with van der Waals surface area (Å²) in [6.45, 7) is 6.37. The Kier molecular flexibility index (Phi) is 6.23. The molecule has 2 aliphatic rings. The molecule has 172 valence electrons. The number of hydrogen-bond acceptors (Lipinski definition) is 3. The predicted molar refractivity (Wildman–Crippen MR) is 130 cm³/mol. The Hall–Kier alpha value is -3.05. The molecule has 3 aromatic rings. The molecule has 0 radical (unpaired) electrons. The zero-order valence-electron chi connectivity index (χ0n) is 19.5.